The highest BCUT2D eigenvalue weighted by Crippen LogP contribution is 2.13. The summed E-state index contributed by atoms with van der Waals surface area (Å²) in [6.07, 6.45) is 1.80. The molecule has 0 aliphatic carbocycles. The van der Waals surface area contributed by atoms with Gasteiger partial charge in [0.1, 0.15) is 0 Å². The van der Waals surface area contributed by atoms with Crippen molar-refractivity contribution in [1.29, 1.82) is 0 Å². The van der Waals surface area contributed by atoms with Gasteiger partial charge in [-0.15, -0.1) is 0 Å². The van der Waals surface area contributed by atoms with Crippen molar-refractivity contribution in [2.24, 2.45) is 0 Å². The van der Waals surface area contributed by atoms with Crippen LogP contribution in [0.15, 0.2) is 24.3 Å². The number of hydrogen-bond donors (Lipinski definition) is 2. The van der Waals surface area contributed by atoms with Crippen LogP contribution in [0.25, 0.3) is 0 Å². The van der Waals surface area contributed by atoms with Crippen molar-refractivity contribution in [3.05, 3.63) is 35.4 Å². The molecule has 1 heterocycles. The number of carbonyl (C=O) groups is 2. The lowest BCUT2D eigenvalue weighted by atomic mass is 10.0. The SMILES string of the molecule is Cc1ccccc1C(=O)NC1CCN(C(=O)NCCCF)CC1. The molecular formula is C17H24FN3O2. The first-order chi connectivity index (χ1) is 11.1. The van der Waals surface area contributed by atoms with E-state index in [4.69, 9.17) is 0 Å². The second kappa shape index (κ2) is 8.50. The van der Waals surface area contributed by atoms with E-state index < -0.39 is 6.67 Å². The largest absolute Gasteiger partial charge is 0.349 e. The third-order valence-corrected chi connectivity index (χ3v) is 4.09. The molecule has 2 N–H and O–H groups in total. The quantitative estimate of drug-likeness (QED) is 0.817. The molecule has 23 heavy (non-hydrogen) atoms. The molecular weight excluding hydrogens is 297 g/mol. The van der Waals surface area contributed by atoms with Crippen LogP contribution in [0, 0.1) is 6.92 Å². The minimum atomic E-state index is -0.423. The average molecular weight is 321 g/mol. The Balaban J connectivity index is 1.77. The molecule has 0 aromatic heterocycles. The normalized spacial score (nSPS) is 15.3. The lowest BCUT2D eigenvalue weighted by Crippen LogP contribution is -2.49. The van der Waals surface area contributed by atoms with Crippen molar-refractivity contribution in [1.82, 2.24) is 15.5 Å². The Kier molecular flexibility index (Phi) is 6.38. The van der Waals surface area contributed by atoms with Gasteiger partial charge >= 0.3 is 6.03 Å². The van der Waals surface area contributed by atoms with Crippen LogP contribution in [-0.2, 0) is 0 Å². The van der Waals surface area contributed by atoms with Gasteiger partial charge in [-0.25, -0.2) is 4.79 Å². The molecule has 1 saturated heterocycles. The molecule has 1 fully saturated rings. The molecule has 126 valence electrons. The number of alkyl halides is 1. The summed E-state index contributed by atoms with van der Waals surface area (Å²) >= 11 is 0. The molecule has 0 bridgehead atoms. The molecule has 3 amide bonds. The van der Waals surface area contributed by atoms with Crippen LogP contribution in [0.3, 0.4) is 0 Å². The fourth-order valence-corrected chi connectivity index (χ4v) is 2.69. The number of likely N-dealkylation sites (tertiary alicyclic amines) is 1. The molecule has 2 rings (SSSR count). The van der Waals surface area contributed by atoms with Gasteiger partial charge < -0.3 is 15.5 Å². The monoisotopic (exact) mass is 321 g/mol. The third kappa shape index (κ3) is 4.94. The van der Waals surface area contributed by atoms with Crippen molar-refractivity contribution in [3.63, 3.8) is 0 Å². The summed E-state index contributed by atoms with van der Waals surface area (Å²) in [4.78, 5) is 25.9. The molecule has 1 aliphatic rings. The van der Waals surface area contributed by atoms with E-state index in [1.54, 1.807) is 4.90 Å². The maximum atomic E-state index is 12.3. The molecule has 0 atom stereocenters. The van der Waals surface area contributed by atoms with E-state index in [1.165, 1.54) is 0 Å². The standard InChI is InChI=1S/C17H24FN3O2/c1-13-5-2-3-6-15(13)16(22)20-14-7-11-21(12-8-14)17(23)19-10-4-9-18/h2-3,5-6,14H,4,7-12H2,1H3,(H,19,23)(H,20,22). The van der Waals surface area contributed by atoms with E-state index in [0.717, 1.165) is 18.4 Å². The molecule has 0 radical (unpaired) electrons. The summed E-state index contributed by atoms with van der Waals surface area (Å²) in [5.74, 6) is -0.0612. The number of hydrogen-bond acceptors (Lipinski definition) is 2. The van der Waals surface area contributed by atoms with Crippen LogP contribution in [0.1, 0.15) is 35.2 Å². The van der Waals surface area contributed by atoms with Crippen LogP contribution in [0.5, 0.6) is 0 Å². The van der Waals surface area contributed by atoms with Gasteiger partial charge in [-0.05, 0) is 37.8 Å². The van der Waals surface area contributed by atoms with Gasteiger partial charge in [-0.2, -0.15) is 0 Å². The van der Waals surface area contributed by atoms with Crippen LogP contribution < -0.4 is 10.6 Å². The molecule has 1 aromatic carbocycles. The van der Waals surface area contributed by atoms with Gasteiger partial charge in [0, 0.05) is 31.2 Å². The summed E-state index contributed by atoms with van der Waals surface area (Å²) in [6, 6.07) is 7.43. The van der Waals surface area contributed by atoms with Gasteiger partial charge in [0.2, 0.25) is 0 Å². The Bertz CT molecular complexity index is 542. The van der Waals surface area contributed by atoms with Gasteiger partial charge in [0.05, 0.1) is 6.67 Å². The highest BCUT2D eigenvalue weighted by Gasteiger charge is 2.24. The van der Waals surface area contributed by atoms with Crippen molar-refractivity contribution in [2.75, 3.05) is 26.3 Å². The molecule has 5 nitrogen and oxygen atoms in total. The summed E-state index contributed by atoms with van der Waals surface area (Å²) in [6.45, 7) is 3.05. The Morgan fingerprint density at radius 2 is 1.96 bits per heavy atom. The summed E-state index contributed by atoms with van der Waals surface area (Å²) in [7, 11) is 0. The number of halogens is 1. The summed E-state index contributed by atoms with van der Waals surface area (Å²) in [5, 5.41) is 5.74. The predicted molar refractivity (Wildman–Crippen MR) is 87.2 cm³/mol. The van der Waals surface area contributed by atoms with Gasteiger partial charge in [-0.1, -0.05) is 18.2 Å². The lowest BCUT2D eigenvalue weighted by molar-refractivity contribution is 0.0917. The Hall–Kier alpha value is -2.11. The minimum Gasteiger partial charge on any atom is -0.349 e. The fraction of sp³-hybridized carbons (Fsp3) is 0.529. The number of nitrogens with one attached hydrogen (secondary N) is 2. The summed E-state index contributed by atoms with van der Waals surface area (Å²) in [5.41, 5.74) is 1.65. The number of benzene rings is 1. The highest BCUT2D eigenvalue weighted by atomic mass is 19.1. The first-order valence-corrected chi connectivity index (χ1v) is 8.07. The molecule has 0 unspecified atom stereocenters. The highest BCUT2D eigenvalue weighted by molar-refractivity contribution is 5.95. The molecule has 1 aromatic rings. The van der Waals surface area contributed by atoms with E-state index in [9.17, 15) is 14.0 Å². The number of amides is 3. The molecule has 0 spiro atoms. The number of piperidine rings is 1. The van der Waals surface area contributed by atoms with Crippen LogP contribution in [0.4, 0.5) is 9.18 Å². The third-order valence-electron chi connectivity index (χ3n) is 4.09. The number of aryl methyl sites for hydroxylation is 1. The van der Waals surface area contributed by atoms with Gasteiger partial charge in [0.25, 0.3) is 5.91 Å². The fourth-order valence-electron chi connectivity index (χ4n) is 2.69. The van der Waals surface area contributed by atoms with Crippen LogP contribution in [0.2, 0.25) is 0 Å². The number of carbonyl (C=O) groups excluding carboxylic acids is 2. The van der Waals surface area contributed by atoms with E-state index in [-0.39, 0.29) is 18.0 Å². The van der Waals surface area contributed by atoms with Crippen molar-refractivity contribution in [3.8, 4) is 0 Å². The smallest absolute Gasteiger partial charge is 0.317 e. The van der Waals surface area contributed by atoms with Crippen LogP contribution in [-0.4, -0.2) is 49.2 Å². The maximum absolute atomic E-state index is 12.3. The van der Waals surface area contributed by atoms with E-state index in [0.29, 0.717) is 31.6 Å². The summed E-state index contributed by atoms with van der Waals surface area (Å²) < 4.78 is 12.0. The Labute approximate surface area is 136 Å². The Morgan fingerprint density at radius 1 is 1.26 bits per heavy atom. The first kappa shape index (κ1) is 17.2. The molecule has 1 aliphatic heterocycles. The van der Waals surface area contributed by atoms with E-state index in [2.05, 4.69) is 10.6 Å². The minimum absolute atomic E-state index is 0.0612. The second-order valence-electron chi connectivity index (χ2n) is 5.82. The van der Waals surface area contributed by atoms with Crippen LogP contribution >= 0.6 is 0 Å². The molecule has 0 saturated carbocycles. The van der Waals surface area contributed by atoms with Crippen molar-refractivity contribution < 1.29 is 14.0 Å². The first-order valence-electron chi connectivity index (χ1n) is 8.07. The van der Waals surface area contributed by atoms with E-state index in [1.807, 2.05) is 31.2 Å². The van der Waals surface area contributed by atoms with Crippen molar-refractivity contribution in [2.45, 2.75) is 32.2 Å². The second-order valence-corrected chi connectivity index (χ2v) is 5.82. The van der Waals surface area contributed by atoms with Gasteiger partial charge in [-0.3, -0.25) is 9.18 Å². The zero-order valence-electron chi connectivity index (χ0n) is 13.5. The number of rotatable bonds is 5. The van der Waals surface area contributed by atoms with Crippen molar-refractivity contribution >= 4 is 11.9 Å². The van der Waals surface area contributed by atoms with Gasteiger partial charge in [0.15, 0.2) is 0 Å². The topological polar surface area (TPSA) is 61.4 Å². The number of nitrogens with zero attached hydrogens (tertiary/aromatic N) is 1. The number of urea groups is 1. The average Bonchev–Trinajstić information content (AvgIpc) is 2.56. The lowest BCUT2D eigenvalue weighted by Gasteiger charge is -2.32. The zero-order chi connectivity index (χ0) is 16.7. The maximum Gasteiger partial charge on any atom is 0.317 e. The zero-order valence-corrected chi connectivity index (χ0v) is 13.5. The predicted octanol–water partition coefficient (Wildman–Crippen LogP) is 2.26. The Morgan fingerprint density at radius 3 is 2.61 bits per heavy atom. The molecule has 6 heteroatoms. The van der Waals surface area contributed by atoms with E-state index >= 15 is 0 Å².